The summed E-state index contributed by atoms with van der Waals surface area (Å²) in [5, 5.41) is 2.75. The maximum atomic E-state index is 13.3. The third kappa shape index (κ3) is 2.73. The molecule has 0 aliphatic carbocycles. The molecule has 0 spiro atoms. The maximum Gasteiger partial charge on any atom is 0.262 e. The zero-order chi connectivity index (χ0) is 13.3. The Morgan fingerprint density at radius 2 is 1.78 bits per heavy atom. The van der Waals surface area contributed by atoms with Crippen LogP contribution in [0.2, 0.25) is 0 Å². The van der Waals surface area contributed by atoms with E-state index in [4.69, 9.17) is 0 Å². The van der Waals surface area contributed by atoms with Crippen LogP contribution in [0.5, 0.6) is 0 Å². The van der Waals surface area contributed by atoms with E-state index in [1.54, 1.807) is 12.1 Å². The average Bonchev–Trinajstić information content (AvgIpc) is 2.62. The molecule has 94 valence electrons. The molecule has 2 rings (SSSR count). The second-order valence-corrected chi connectivity index (χ2v) is 5.77. The van der Waals surface area contributed by atoms with E-state index >= 15 is 0 Å². The number of benzene rings is 1. The zero-order valence-corrected chi connectivity index (χ0v) is 11.0. The number of carbonyl (C=O) groups is 1. The van der Waals surface area contributed by atoms with E-state index in [0.29, 0.717) is 17.1 Å². The highest BCUT2D eigenvalue weighted by Crippen LogP contribution is 2.27. The number of halogens is 4. The van der Waals surface area contributed by atoms with Crippen LogP contribution in [0.15, 0.2) is 28.1 Å². The highest BCUT2D eigenvalue weighted by Gasteiger charge is 2.19. The zero-order valence-electron chi connectivity index (χ0n) is 8.64. The lowest BCUT2D eigenvalue weighted by Crippen LogP contribution is -2.15. The second-order valence-electron chi connectivity index (χ2n) is 3.30. The quantitative estimate of drug-likeness (QED) is 0.876. The van der Waals surface area contributed by atoms with Crippen LogP contribution in [0.3, 0.4) is 0 Å². The predicted octanol–water partition coefficient (Wildman–Crippen LogP) is 4.18. The Balaban J connectivity index is 2.29. The van der Waals surface area contributed by atoms with Gasteiger partial charge in [-0.05, 0) is 28.1 Å². The third-order valence-corrected chi connectivity index (χ3v) is 3.58. The molecule has 0 bridgehead atoms. The van der Waals surface area contributed by atoms with E-state index in [9.17, 15) is 18.0 Å². The number of nitrogens with one attached hydrogen (secondary N) is 1. The summed E-state index contributed by atoms with van der Waals surface area (Å²) in [7, 11) is 0. The molecule has 0 unspecified atom stereocenters. The summed E-state index contributed by atoms with van der Waals surface area (Å²) in [5.74, 6) is -4.50. The van der Waals surface area contributed by atoms with Gasteiger partial charge in [0, 0.05) is 12.1 Å². The lowest BCUT2D eigenvalue weighted by atomic mass is 10.2. The molecule has 1 aromatic carbocycles. The minimum absolute atomic E-state index is 0.426. The highest BCUT2D eigenvalue weighted by molar-refractivity contribution is 9.11. The molecule has 1 aromatic heterocycles. The molecule has 0 aliphatic heterocycles. The number of anilines is 1. The van der Waals surface area contributed by atoms with Crippen molar-refractivity contribution in [2.24, 2.45) is 0 Å². The van der Waals surface area contributed by atoms with E-state index < -0.39 is 28.9 Å². The monoisotopic (exact) mass is 335 g/mol. The standard InChI is InChI=1S/C11H5BrF3NOS/c12-8-1-2-9(18-8)16-11(17)10-6(14)3-5(13)4-7(10)15/h1-4H,(H,16,17). The SMILES string of the molecule is O=C(Nc1ccc(Br)s1)c1c(F)cc(F)cc1F. The largest absolute Gasteiger partial charge is 0.313 e. The van der Waals surface area contributed by atoms with Gasteiger partial charge in [-0.3, -0.25) is 4.79 Å². The van der Waals surface area contributed by atoms with Gasteiger partial charge >= 0.3 is 0 Å². The Morgan fingerprint density at radius 3 is 2.28 bits per heavy atom. The minimum atomic E-state index is -1.24. The molecule has 0 radical (unpaired) electrons. The maximum absolute atomic E-state index is 13.3. The van der Waals surface area contributed by atoms with Crippen molar-refractivity contribution in [3.63, 3.8) is 0 Å². The molecular formula is C11H5BrF3NOS. The van der Waals surface area contributed by atoms with Gasteiger partial charge in [-0.2, -0.15) is 0 Å². The molecule has 0 saturated heterocycles. The number of hydrogen-bond acceptors (Lipinski definition) is 2. The van der Waals surface area contributed by atoms with Crippen LogP contribution < -0.4 is 5.32 Å². The second kappa shape index (κ2) is 5.11. The Labute approximate surface area is 113 Å². The van der Waals surface area contributed by atoms with Crippen LogP contribution in [-0.2, 0) is 0 Å². The number of rotatable bonds is 2. The summed E-state index contributed by atoms with van der Waals surface area (Å²) in [4.78, 5) is 11.7. The Morgan fingerprint density at radius 1 is 1.17 bits per heavy atom. The average molecular weight is 336 g/mol. The minimum Gasteiger partial charge on any atom is -0.313 e. The van der Waals surface area contributed by atoms with Gasteiger partial charge in [-0.25, -0.2) is 13.2 Å². The van der Waals surface area contributed by atoms with Crippen molar-refractivity contribution in [2.75, 3.05) is 5.32 Å². The number of thiophene rings is 1. The number of carbonyl (C=O) groups excluding carboxylic acids is 1. The molecule has 0 saturated carbocycles. The molecule has 1 N–H and O–H groups in total. The lowest BCUT2D eigenvalue weighted by molar-refractivity contribution is 0.101. The van der Waals surface area contributed by atoms with Crippen LogP contribution in [0.1, 0.15) is 10.4 Å². The molecular weight excluding hydrogens is 331 g/mol. The molecule has 0 atom stereocenters. The van der Waals surface area contributed by atoms with Crippen LogP contribution >= 0.6 is 27.3 Å². The van der Waals surface area contributed by atoms with Crippen molar-refractivity contribution in [3.8, 4) is 0 Å². The Bertz CT molecular complexity index is 591. The van der Waals surface area contributed by atoms with Crippen LogP contribution in [0.4, 0.5) is 18.2 Å². The summed E-state index contributed by atoms with van der Waals surface area (Å²) >= 11 is 4.38. The Kier molecular flexibility index (Phi) is 3.72. The van der Waals surface area contributed by atoms with E-state index in [0.717, 1.165) is 3.79 Å². The fraction of sp³-hybridized carbons (Fsp3) is 0. The summed E-state index contributed by atoms with van der Waals surface area (Å²) in [5.41, 5.74) is -0.805. The summed E-state index contributed by atoms with van der Waals surface area (Å²) < 4.78 is 40.1. The van der Waals surface area contributed by atoms with Gasteiger partial charge in [0.25, 0.3) is 5.91 Å². The van der Waals surface area contributed by atoms with Gasteiger partial charge in [0.1, 0.15) is 23.0 Å². The van der Waals surface area contributed by atoms with Crippen LogP contribution in [0, 0.1) is 17.5 Å². The molecule has 1 heterocycles. The van der Waals surface area contributed by atoms with Crippen LogP contribution in [0.25, 0.3) is 0 Å². The van der Waals surface area contributed by atoms with Crippen molar-refractivity contribution >= 4 is 38.2 Å². The highest BCUT2D eigenvalue weighted by atomic mass is 79.9. The number of hydrogen-bond donors (Lipinski definition) is 1. The van der Waals surface area contributed by atoms with Crippen molar-refractivity contribution in [3.05, 3.63) is 51.1 Å². The summed E-state index contributed by atoms with van der Waals surface area (Å²) in [6, 6.07) is 4.17. The smallest absolute Gasteiger partial charge is 0.262 e. The van der Waals surface area contributed by atoms with Gasteiger partial charge in [0.05, 0.1) is 8.79 Å². The molecule has 2 aromatic rings. The molecule has 18 heavy (non-hydrogen) atoms. The molecule has 1 amide bonds. The topological polar surface area (TPSA) is 29.1 Å². The molecule has 0 fully saturated rings. The first kappa shape index (κ1) is 13.1. The third-order valence-electron chi connectivity index (χ3n) is 2.04. The van der Waals surface area contributed by atoms with Gasteiger partial charge in [0.2, 0.25) is 0 Å². The van der Waals surface area contributed by atoms with Gasteiger partial charge in [-0.15, -0.1) is 11.3 Å². The fourth-order valence-electron chi connectivity index (χ4n) is 1.31. The van der Waals surface area contributed by atoms with Gasteiger partial charge in [0.15, 0.2) is 0 Å². The molecule has 0 aliphatic rings. The van der Waals surface area contributed by atoms with E-state index in [1.165, 1.54) is 11.3 Å². The first-order valence-corrected chi connectivity index (χ1v) is 6.29. The van der Waals surface area contributed by atoms with Crippen LogP contribution in [-0.4, -0.2) is 5.91 Å². The predicted molar refractivity (Wildman–Crippen MR) is 66.3 cm³/mol. The summed E-state index contributed by atoms with van der Waals surface area (Å²) in [6.07, 6.45) is 0. The first-order chi connectivity index (χ1) is 8.47. The Hall–Kier alpha value is -1.34. The van der Waals surface area contributed by atoms with E-state index in [-0.39, 0.29) is 0 Å². The molecule has 7 heteroatoms. The number of amides is 1. The lowest BCUT2D eigenvalue weighted by Gasteiger charge is -2.05. The first-order valence-electron chi connectivity index (χ1n) is 4.68. The van der Waals surface area contributed by atoms with Crippen molar-refractivity contribution in [1.82, 2.24) is 0 Å². The van der Waals surface area contributed by atoms with E-state index in [2.05, 4.69) is 21.2 Å². The van der Waals surface area contributed by atoms with E-state index in [1.807, 2.05) is 0 Å². The van der Waals surface area contributed by atoms with Crippen molar-refractivity contribution in [1.29, 1.82) is 0 Å². The van der Waals surface area contributed by atoms with Gasteiger partial charge in [-0.1, -0.05) is 0 Å². The van der Waals surface area contributed by atoms with Gasteiger partial charge < -0.3 is 5.32 Å². The molecule has 2 nitrogen and oxygen atoms in total. The normalized spacial score (nSPS) is 10.4. The van der Waals surface area contributed by atoms with Crippen molar-refractivity contribution < 1.29 is 18.0 Å². The summed E-state index contributed by atoms with van der Waals surface area (Å²) in [6.45, 7) is 0. The fourth-order valence-corrected chi connectivity index (χ4v) is 2.60. The van der Waals surface area contributed by atoms with Crippen molar-refractivity contribution in [2.45, 2.75) is 0 Å².